The number of hydrogen-bond acceptors (Lipinski definition) is 8. The molecule has 0 aliphatic rings. The molecule has 0 aliphatic heterocycles. The van der Waals surface area contributed by atoms with E-state index in [0.29, 0.717) is 21.5 Å². The summed E-state index contributed by atoms with van der Waals surface area (Å²) in [5.74, 6) is -0.145. The third kappa shape index (κ3) is 8.78. The van der Waals surface area contributed by atoms with E-state index in [1.807, 2.05) is 63.2 Å². The number of hydrogen-bond donors (Lipinski definition) is 3. The highest BCUT2D eigenvalue weighted by Crippen LogP contribution is 2.27. The average Bonchev–Trinajstić information content (AvgIpc) is 3.42. The molecule has 3 aromatic carbocycles. The van der Waals surface area contributed by atoms with Crippen molar-refractivity contribution in [3.8, 4) is 0 Å². The normalized spacial score (nSPS) is 11.9. The summed E-state index contributed by atoms with van der Waals surface area (Å²) in [5.41, 5.74) is 2.91. The van der Waals surface area contributed by atoms with Gasteiger partial charge in [0.15, 0.2) is 0 Å². The minimum Gasteiger partial charge on any atom is -0.321 e. The fourth-order valence-electron chi connectivity index (χ4n) is 3.58. The SMILES string of the molecule is CCSc1nsc(NC(=O)C(C)Sc2ccc(NC(=O)/C(=C/c3ccccc3C)NC(=O)c3ccccc3)cc2)n1. The van der Waals surface area contributed by atoms with Gasteiger partial charge in [0.05, 0.1) is 5.25 Å². The average molecular weight is 604 g/mol. The second-order valence-corrected chi connectivity index (χ2v) is 12.2. The van der Waals surface area contributed by atoms with Crippen LogP contribution in [0.3, 0.4) is 0 Å². The molecule has 0 aliphatic carbocycles. The summed E-state index contributed by atoms with van der Waals surface area (Å²) in [4.78, 5) is 44.0. The van der Waals surface area contributed by atoms with Gasteiger partial charge in [0, 0.05) is 27.7 Å². The molecule has 0 fully saturated rings. The zero-order valence-corrected chi connectivity index (χ0v) is 25.2. The number of amides is 3. The molecule has 3 amide bonds. The summed E-state index contributed by atoms with van der Waals surface area (Å²) in [5, 5.41) is 9.19. The standard InChI is InChI=1S/C30H29N5O3S3/c1-4-39-30-34-29(41-35-30)33-26(36)20(3)40-24-16-14-23(15-17-24)31-28(38)25(18-22-13-9-8-10-19(22)2)32-27(37)21-11-6-5-7-12-21/h5-18,20H,4H2,1-3H3,(H,31,38)(H,32,37)(H,33,34,35,36)/b25-18-. The van der Waals surface area contributed by atoms with Gasteiger partial charge in [0.1, 0.15) is 5.70 Å². The van der Waals surface area contributed by atoms with E-state index in [-0.39, 0.29) is 22.8 Å². The lowest BCUT2D eigenvalue weighted by atomic mass is 10.1. The van der Waals surface area contributed by atoms with E-state index in [2.05, 4.69) is 25.3 Å². The highest BCUT2D eigenvalue weighted by Gasteiger charge is 2.18. The van der Waals surface area contributed by atoms with Crippen LogP contribution in [-0.2, 0) is 9.59 Å². The number of nitrogens with zero attached hydrogens (tertiary/aromatic N) is 2. The monoisotopic (exact) mass is 603 g/mol. The first-order chi connectivity index (χ1) is 19.8. The van der Waals surface area contributed by atoms with Crippen LogP contribution < -0.4 is 16.0 Å². The fraction of sp³-hybridized carbons (Fsp3) is 0.167. The highest BCUT2D eigenvalue weighted by atomic mass is 32.2. The number of rotatable bonds is 11. The fourth-order valence-corrected chi connectivity index (χ4v) is 5.72. The summed E-state index contributed by atoms with van der Waals surface area (Å²) >= 11 is 4.07. The lowest BCUT2D eigenvalue weighted by molar-refractivity contribution is -0.115. The van der Waals surface area contributed by atoms with Crippen molar-refractivity contribution in [2.75, 3.05) is 16.4 Å². The van der Waals surface area contributed by atoms with Gasteiger partial charge >= 0.3 is 0 Å². The molecule has 11 heteroatoms. The molecule has 4 aromatic rings. The molecule has 1 aromatic heterocycles. The van der Waals surface area contributed by atoms with Crippen LogP contribution in [0.15, 0.2) is 94.6 Å². The third-order valence-electron chi connectivity index (χ3n) is 5.72. The zero-order valence-electron chi connectivity index (χ0n) is 22.7. The molecule has 0 spiro atoms. The lowest BCUT2D eigenvalue weighted by Crippen LogP contribution is -2.30. The van der Waals surface area contributed by atoms with Gasteiger partial charge in [-0.15, -0.1) is 11.8 Å². The summed E-state index contributed by atoms with van der Waals surface area (Å²) in [6, 6.07) is 23.5. The lowest BCUT2D eigenvalue weighted by Gasteiger charge is -2.13. The predicted molar refractivity (Wildman–Crippen MR) is 168 cm³/mol. The van der Waals surface area contributed by atoms with E-state index in [0.717, 1.165) is 33.3 Å². The van der Waals surface area contributed by atoms with Crippen LogP contribution in [0.2, 0.25) is 0 Å². The minimum absolute atomic E-state index is 0.120. The van der Waals surface area contributed by atoms with Crippen LogP contribution in [0.5, 0.6) is 0 Å². The number of nitrogens with one attached hydrogen (secondary N) is 3. The topological polar surface area (TPSA) is 113 Å². The molecule has 0 bridgehead atoms. The summed E-state index contributed by atoms with van der Waals surface area (Å²) in [6.45, 7) is 5.77. The Bertz CT molecular complexity index is 1540. The van der Waals surface area contributed by atoms with Crippen molar-refractivity contribution < 1.29 is 14.4 Å². The molecular weight excluding hydrogens is 575 g/mol. The Morgan fingerprint density at radius 1 is 0.951 bits per heavy atom. The van der Waals surface area contributed by atoms with Gasteiger partial charge in [-0.05, 0) is 73.2 Å². The van der Waals surface area contributed by atoms with Crippen molar-refractivity contribution >= 4 is 69.7 Å². The number of benzene rings is 3. The Balaban J connectivity index is 1.41. The maximum absolute atomic E-state index is 13.3. The van der Waals surface area contributed by atoms with Gasteiger partial charge in [-0.25, -0.2) is 0 Å². The molecule has 0 saturated carbocycles. The van der Waals surface area contributed by atoms with Crippen molar-refractivity contribution in [1.82, 2.24) is 14.7 Å². The highest BCUT2D eigenvalue weighted by molar-refractivity contribution is 8.00. The maximum Gasteiger partial charge on any atom is 0.272 e. The first kappa shape index (κ1) is 30.0. The van der Waals surface area contributed by atoms with E-state index in [1.165, 1.54) is 23.5 Å². The predicted octanol–water partition coefficient (Wildman–Crippen LogP) is 6.49. The summed E-state index contributed by atoms with van der Waals surface area (Å²) < 4.78 is 4.22. The maximum atomic E-state index is 13.3. The molecule has 210 valence electrons. The van der Waals surface area contributed by atoms with E-state index >= 15 is 0 Å². The van der Waals surface area contributed by atoms with Crippen molar-refractivity contribution in [2.45, 2.75) is 36.1 Å². The number of carbonyl (C=O) groups is 3. The van der Waals surface area contributed by atoms with Crippen molar-refractivity contribution in [2.24, 2.45) is 0 Å². The van der Waals surface area contributed by atoms with Gasteiger partial charge in [0.25, 0.3) is 11.8 Å². The number of anilines is 2. The Morgan fingerprint density at radius 3 is 2.37 bits per heavy atom. The van der Waals surface area contributed by atoms with Crippen molar-refractivity contribution in [1.29, 1.82) is 0 Å². The van der Waals surface area contributed by atoms with Gasteiger partial charge in [-0.1, -0.05) is 61.2 Å². The van der Waals surface area contributed by atoms with E-state index in [1.54, 1.807) is 42.5 Å². The molecule has 1 atom stereocenters. The minimum atomic E-state index is -0.455. The number of aromatic nitrogens is 2. The summed E-state index contributed by atoms with van der Waals surface area (Å²) in [7, 11) is 0. The molecule has 41 heavy (non-hydrogen) atoms. The van der Waals surface area contributed by atoms with Crippen molar-refractivity contribution in [3.63, 3.8) is 0 Å². The van der Waals surface area contributed by atoms with E-state index < -0.39 is 5.91 Å². The second-order valence-electron chi connectivity index (χ2n) is 8.78. The summed E-state index contributed by atoms with van der Waals surface area (Å²) in [6.07, 6.45) is 1.66. The largest absolute Gasteiger partial charge is 0.321 e. The molecule has 3 N–H and O–H groups in total. The number of thioether (sulfide) groups is 2. The Kier molecular flexibility index (Phi) is 10.7. The Hall–Kier alpha value is -3.93. The van der Waals surface area contributed by atoms with Crippen LogP contribution in [0, 0.1) is 6.92 Å². The van der Waals surface area contributed by atoms with E-state index in [4.69, 9.17) is 0 Å². The molecule has 8 nitrogen and oxygen atoms in total. The quantitative estimate of drug-likeness (QED) is 0.133. The van der Waals surface area contributed by atoms with Crippen LogP contribution in [0.1, 0.15) is 35.3 Å². The smallest absolute Gasteiger partial charge is 0.272 e. The van der Waals surface area contributed by atoms with Crippen molar-refractivity contribution in [3.05, 3.63) is 101 Å². The first-order valence-electron chi connectivity index (χ1n) is 12.8. The van der Waals surface area contributed by atoms with Crippen LogP contribution in [0.4, 0.5) is 10.8 Å². The molecule has 1 heterocycles. The van der Waals surface area contributed by atoms with Crippen LogP contribution in [0.25, 0.3) is 6.08 Å². The second kappa shape index (κ2) is 14.6. The molecule has 1 unspecified atom stereocenters. The number of aryl methyl sites for hydroxylation is 1. The van der Waals surface area contributed by atoms with Gasteiger partial charge in [-0.2, -0.15) is 9.36 Å². The van der Waals surface area contributed by atoms with Gasteiger partial charge in [-0.3, -0.25) is 19.7 Å². The zero-order chi connectivity index (χ0) is 29.2. The van der Waals surface area contributed by atoms with Gasteiger partial charge < -0.3 is 10.6 Å². The Morgan fingerprint density at radius 2 is 1.66 bits per heavy atom. The number of carbonyl (C=O) groups excluding carboxylic acids is 3. The van der Waals surface area contributed by atoms with Crippen LogP contribution in [-0.4, -0.2) is 38.1 Å². The molecule has 4 rings (SSSR count). The van der Waals surface area contributed by atoms with Gasteiger partial charge in [0.2, 0.25) is 16.2 Å². The third-order valence-corrected chi connectivity index (χ3v) is 8.31. The molecule has 0 radical (unpaired) electrons. The molecule has 0 saturated heterocycles. The Labute approximate surface area is 251 Å². The van der Waals surface area contributed by atoms with E-state index in [9.17, 15) is 14.4 Å². The first-order valence-corrected chi connectivity index (χ1v) is 15.5. The molecular formula is C30H29N5O3S3. The van der Waals surface area contributed by atoms with Crippen LogP contribution >= 0.6 is 35.1 Å².